The van der Waals surface area contributed by atoms with Crippen molar-refractivity contribution >= 4 is 33.2 Å². The minimum absolute atomic E-state index is 0.0700. The predicted molar refractivity (Wildman–Crippen MR) is 152 cm³/mol. The Kier molecular flexibility index (Phi) is 7.65. The number of anilines is 2. The van der Waals surface area contributed by atoms with Crippen molar-refractivity contribution in [2.45, 2.75) is 43.7 Å². The molecule has 39 heavy (non-hydrogen) atoms. The number of benzene rings is 2. The molecule has 3 heterocycles. The van der Waals surface area contributed by atoms with E-state index in [0.717, 1.165) is 31.6 Å². The molecule has 5 rings (SSSR count). The summed E-state index contributed by atoms with van der Waals surface area (Å²) in [4.78, 5) is 19.7. The number of nitrogens with one attached hydrogen (secondary N) is 3. The number of hydrogen-bond donors (Lipinski definition) is 3. The van der Waals surface area contributed by atoms with E-state index < -0.39 is 10.0 Å². The molecule has 0 bridgehead atoms. The van der Waals surface area contributed by atoms with E-state index in [9.17, 15) is 13.2 Å². The molecule has 0 atom stereocenters. The van der Waals surface area contributed by atoms with E-state index in [1.807, 2.05) is 36.4 Å². The van der Waals surface area contributed by atoms with Gasteiger partial charge in [0.15, 0.2) is 5.65 Å². The zero-order chi connectivity index (χ0) is 27.6. The molecule has 1 saturated heterocycles. The molecule has 2 aromatic heterocycles. The molecule has 11 heteroatoms. The van der Waals surface area contributed by atoms with Gasteiger partial charge in [0.05, 0.1) is 10.6 Å². The normalized spacial score (nSPS) is 15.1. The van der Waals surface area contributed by atoms with E-state index in [-0.39, 0.29) is 22.9 Å². The lowest BCUT2D eigenvalue weighted by Crippen LogP contribution is -2.43. The Morgan fingerprint density at radius 1 is 1.00 bits per heavy atom. The standard InChI is InChI=1S/C28H33N7O3S/c1-19(2)33-39(37,38)24-7-4-6-21(18-24)25-8-5-9-26-31-28(32-35(25)26)30-22-12-10-20(11-13-22)27(36)29-23-14-16-34(3)17-15-23/h4-13,18-19,23,33H,14-17H2,1-3H3,(H,29,36)(H,30,32). The van der Waals surface area contributed by atoms with E-state index in [1.165, 1.54) is 0 Å². The van der Waals surface area contributed by atoms with Gasteiger partial charge in [-0.3, -0.25) is 4.79 Å². The highest BCUT2D eigenvalue weighted by Gasteiger charge is 2.20. The van der Waals surface area contributed by atoms with Crippen molar-refractivity contribution in [3.63, 3.8) is 0 Å². The van der Waals surface area contributed by atoms with Crippen LogP contribution < -0.4 is 15.4 Å². The fourth-order valence-electron chi connectivity index (χ4n) is 4.63. The van der Waals surface area contributed by atoms with Crippen LogP contribution in [-0.4, -0.2) is 66.0 Å². The van der Waals surface area contributed by atoms with Crippen LogP contribution in [0.4, 0.5) is 11.6 Å². The van der Waals surface area contributed by atoms with E-state index in [0.29, 0.717) is 28.4 Å². The summed E-state index contributed by atoms with van der Waals surface area (Å²) in [5.41, 5.74) is 3.36. The number of pyridine rings is 1. The zero-order valence-electron chi connectivity index (χ0n) is 22.3. The molecule has 1 fully saturated rings. The van der Waals surface area contributed by atoms with Gasteiger partial charge in [0.25, 0.3) is 5.91 Å². The van der Waals surface area contributed by atoms with Crippen molar-refractivity contribution < 1.29 is 13.2 Å². The van der Waals surface area contributed by atoms with Crippen LogP contribution in [0.3, 0.4) is 0 Å². The van der Waals surface area contributed by atoms with Crippen molar-refractivity contribution in [1.29, 1.82) is 0 Å². The summed E-state index contributed by atoms with van der Waals surface area (Å²) >= 11 is 0. The number of carbonyl (C=O) groups excluding carboxylic acids is 1. The van der Waals surface area contributed by atoms with Crippen molar-refractivity contribution in [2.24, 2.45) is 0 Å². The third-order valence-corrected chi connectivity index (χ3v) is 8.30. The smallest absolute Gasteiger partial charge is 0.251 e. The minimum atomic E-state index is -3.64. The van der Waals surface area contributed by atoms with Crippen LogP contribution in [0.25, 0.3) is 16.9 Å². The lowest BCUT2D eigenvalue weighted by atomic mass is 10.0. The summed E-state index contributed by atoms with van der Waals surface area (Å²) in [6.07, 6.45) is 1.91. The van der Waals surface area contributed by atoms with Gasteiger partial charge in [0.1, 0.15) is 0 Å². The molecule has 10 nitrogen and oxygen atoms in total. The fourth-order valence-corrected chi connectivity index (χ4v) is 5.93. The maximum absolute atomic E-state index is 12.7. The third-order valence-electron chi connectivity index (χ3n) is 6.65. The number of fused-ring (bicyclic) bond motifs is 1. The third kappa shape index (κ3) is 6.27. The molecule has 1 aliphatic heterocycles. The second-order valence-electron chi connectivity index (χ2n) is 10.2. The van der Waals surface area contributed by atoms with E-state index in [1.54, 1.807) is 48.7 Å². The average Bonchev–Trinajstić information content (AvgIpc) is 3.32. The van der Waals surface area contributed by atoms with Crippen LogP contribution in [0.1, 0.15) is 37.0 Å². The molecule has 2 aromatic carbocycles. The monoisotopic (exact) mass is 547 g/mol. The first-order chi connectivity index (χ1) is 18.7. The van der Waals surface area contributed by atoms with Gasteiger partial charge in [-0.1, -0.05) is 18.2 Å². The summed E-state index contributed by atoms with van der Waals surface area (Å²) in [5, 5.41) is 10.9. The largest absolute Gasteiger partial charge is 0.349 e. The highest BCUT2D eigenvalue weighted by atomic mass is 32.2. The predicted octanol–water partition coefficient (Wildman–Crippen LogP) is 3.65. The number of carbonyl (C=O) groups is 1. The average molecular weight is 548 g/mol. The van der Waals surface area contributed by atoms with Gasteiger partial charge in [-0.15, -0.1) is 5.10 Å². The lowest BCUT2D eigenvalue weighted by molar-refractivity contribution is 0.0917. The second-order valence-corrected chi connectivity index (χ2v) is 11.9. The number of nitrogens with zero attached hydrogens (tertiary/aromatic N) is 4. The Morgan fingerprint density at radius 2 is 1.72 bits per heavy atom. The molecule has 0 radical (unpaired) electrons. The molecular formula is C28H33N7O3S. The van der Waals surface area contributed by atoms with Gasteiger partial charge in [-0.05, 0) is 95.4 Å². The molecule has 0 unspecified atom stereocenters. The number of amides is 1. The molecule has 1 aliphatic rings. The van der Waals surface area contributed by atoms with Gasteiger partial charge in [-0.2, -0.15) is 4.98 Å². The number of sulfonamides is 1. The molecule has 0 spiro atoms. The zero-order valence-corrected chi connectivity index (χ0v) is 23.1. The van der Waals surface area contributed by atoms with Crippen LogP contribution in [0, 0.1) is 0 Å². The van der Waals surface area contributed by atoms with E-state index >= 15 is 0 Å². The first-order valence-corrected chi connectivity index (χ1v) is 14.5. The van der Waals surface area contributed by atoms with Crippen LogP contribution in [0.15, 0.2) is 71.6 Å². The van der Waals surface area contributed by atoms with Crippen molar-refractivity contribution in [3.8, 4) is 11.3 Å². The van der Waals surface area contributed by atoms with Gasteiger partial charge in [0.2, 0.25) is 16.0 Å². The molecule has 0 aliphatic carbocycles. The Balaban J connectivity index is 1.32. The Labute approximate surface area is 228 Å². The fraction of sp³-hybridized carbons (Fsp3) is 0.321. The van der Waals surface area contributed by atoms with Crippen LogP contribution in [0.2, 0.25) is 0 Å². The molecule has 0 saturated carbocycles. The van der Waals surface area contributed by atoms with Gasteiger partial charge in [0, 0.05) is 28.9 Å². The van der Waals surface area contributed by atoms with Gasteiger partial charge in [-0.25, -0.2) is 17.7 Å². The van der Waals surface area contributed by atoms with Crippen LogP contribution in [0.5, 0.6) is 0 Å². The van der Waals surface area contributed by atoms with Crippen LogP contribution >= 0.6 is 0 Å². The topological polar surface area (TPSA) is 121 Å². The Hall–Kier alpha value is -3.80. The molecule has 3 N–H and O–H groups in total. The summed E-state index contributed by atoms with van der Waals surface area (Å²) in [6, 6.07) is 19.5. The first kappa shape index (κ1) is 26.8. The minimum Gasteiger partial charge on any atom is -0.349 e. The van der Waals surface area contributed by atoms with Gasteiger partial charge < -0.3 is 15.5 Å². The number of aromatic nitrogens is 3. The van der Waals surface area contributed by atoms with Crippen molar-refractivity contribution in [3.05, 3.63) is 72.3 Å². The Bertz CT molecular complexity index is 1570. The molecule has 4 aromatic rings. The number of likely N-dealkylation sites (tertiary alicyclic amines) is 1. The van der Waals surface area contributed by atoms with Crippen molar-refractivity contribution in [2.75, 3.05) is 25.5 Å². The molecular weight excluding hydrogens is 514 g/mol. The highest BCUT2D eigenvalue weighted by molar-refractivity contribution is 7.89. The highest BCUT2D eigenvalue weighted by Crippen LogP contribution is 2.25. The summed E-state index contributed by atoms with van der Waals surface area (Å²) in [7, 11) is -1.54. The van der Waals surface area contributed by atoms with Crippen LogP contribution in [-0.2, 0) is 10.0 Å². The second kappa shape index (κ2) is 11.1. The number of hydrogen-bond acceptors (Lipinski definition) is 7. The molecule has 1 amide bonds. The maximum Gasteiger partial charge on any atom is 0.251 e. The summed E-state index contributed by atoms with van der Waals surface area (Å²) in [6.45, 7) is 5.54. The SMILES string of the molecule is CC(C)NS(=O)(=O)c1cccc(-c2cccc3nc(Nc4ccc(C(=O)NC5CCN(C)CC5)cc4)nn23)c1. The van der Waals surface area contributed by atoms with E-state index in [2.05, 4.69) is 37.4 Å². The van der Waals surface area contributed by atoms with Gasteiger partial charge >= 0.3 is 0 Å². The summed E-state index contributed by atoms with van der Waals surface area (Å²) < 4.78 is 29.7. The number of rotatable bonds is 8. The van der Waals surface area contributed by atoms with Crippen molar-refractivity contribution in [1.82, 2.24) is 29.5 Å². The first-order valence-electron chi connectivity index (χ1n) is 13.0. The van der Waals surface area contributed by atoms with E-state index in [4.69, 9.17) is 0 Å². The Morgan fingerprint density at radius 3 is 2.44 bits per heavy atom. The number of piperidine rings is 1. The summed E-state index contributed by atoms with van der Waals surface area (Å²) in [5.74, 6) is 0.315. The maximum atomic E-state index is 12.7. The molecule has 204 valence electrons. The quantitative estimate of drug-likeness (QED) is 0.308. The lowest BCUT2D eigenvalue weighted by Gasteiger charge is -2.29.